The van der Waals surface area contributed by atoms with Gasteiger partial charge in [-0.25, -0.2) is 4.79 Å². The SMILES string of the molecule is CCOC(=O)n1nc(-c2ccccc2)cc1Sc1ccccc1. The molecule has 2 aromatic carbocycles. The van der Waals surface area contributed by atoms with Crippen molar-refractivity contribution in [2.45, 2.75) is 16.8 Å². The molecule has 3 rings (SSSR count). The number of aromatic nitrogens is 2. The maximum Gasteiger partial charge on any atom is 0.435 e. The molecule has 1 heterocycles. The van der Waals surface area contributed by atoms with Gasteiger partial charge in [0.15, 0.2) is 0 Å². The number of benzene rings is 2. The predicted octanol–water partition coefficient (Wildman–Crippen LogP) is 4.71. The molecule has 4 nitrogen and oxygen atoms in total. The lowest BCUT2D eigenvalue weighted by Gasteiger charge is -2.05. The highest BCUT2D eigenvalue weighted by Gasteiger charge is 2.17. The van der Waals surface area contributed by atoms with Gasteiger partial charge in [-0.2, -0.15) is 9.78 Å². The van der Waals surface area contributed by atoms with Crippen LogP contribution in [-0.4, -0.2) is 22.5 Å². The van der Waals surface area contributed by atoms with Crippen LogP contribution in [0.25, 0.3) is 11.3 Å². The molecule has 23 heavy (non-hydrogen) atoms. The third-order valence-corrected chi connectivity index (χ3v) is 4.16. The van der Waals surface area contributed by atoms with E-state index in [2.05, 4.69) is 5.10 Å². The summed E-state index contributed by atoms with van der Waals surface area (Å²) in [6.07, 6.45) is -0.465. The minimum Gasteiger partial charge on any atom is -0.448 e. The van der Waals surface area contributed by atoms with Crippen molar-refractivity contribution in [3.8, 4) is 11.3 Å². The lowest BCUT2D eigenvalue weighted by atomic mass is 10.2. The zero-order valence-electron chi connectivity index (χ0n) is 12.7. The van der Waals surface area contributed by atoms with E-state index in [0.717, 1.165) is 21.2 Å². The van der Waals surface area contributed by atoms with E-state index in [1.165, 1.54) is 16.4 Å². The molecule has 0 radical (unpaired) electrons. The monoisotopic (exact) mass is 324 g/mol. The fraction of sp³-hybridized carbons (Fsp3) is 0.111. The smallest absolute Gasteiger partial charge is 0.435 e. The highest BCUT2D eigenvalue weighted by Crippen LogP contribution is 2.31. The maximum absolute atomic E-state index is 12.2. The van der Waals surface area contributed by atoms with E-state index in [9.17, 15) is 4.79 Å². The highest BCUT2D eigenvalue weighted by atomic mass is 32.2. The first-order valence-electron chi connectivity index (χ1n) is 7.33. The van der Waals surface area contributed by atoms with E-state index in [1.54, 1.807) is 6.92 Å². The summed E-state index contributed by atoms with van der Waals surface area (Å²) < 4.78 is 6.43. The average molecular weight is 324 g/mol. The second-order valence-corrected chi connectivity index (χ2v) is 5.85. The summed E-state index contributed by atoms with van der Waals surface area (Å²) in [5.41, 5.74) is 1.71. The first kappa shape index (κ1) is 15.4. The van der Waals surface area contributed by atoms with Crippen LogP contribution in [0.1, 0.15) is 6.92 Å². The van der Waals surface area contributed by atoms with Crippen LogP contribution in [0.2, 0.25) is 0 Å². The first-order valence-corrected chi connectivity index (χ1v) is 8.15. The van der Waals surface area contributed by atoms with Crippen molar-refractivity contribution in [2.75, 3.05) is 6.61 Å². The number of carbonyl (C=O) groups excluding carboxylic acids is 1. The quantitative estimate of drug-likeness (QED) is 0.697. The van der Waals surface area contributed by atoms with Gasteiger partial charge in [0.1, 0.15) is 5.03 Å². The number of ether oxygens (including phenoxy) is 1. The van der Waals surface area contributed by atoms with Crippen molar-refractivity contribution >= 4 is 17.9 Å². The van der Waals surface area contributed by atoms with Crippen LogP contribution in [-0.2, 0) is 4.74 Å². The molecule has 3 aromatic rings. The molecule has 0 fully saturated rings. The van der Waals surface area contributed by atoms with Crippen molar-refractivity contribution in [1.29, 1.82) is 0 Å². The van der Waals surface area contributed by atoms with Crippen molar-refractivity contribution in [1.82, 2.24) is 9.78 Å². The Bertz CT molecular complexity index is 785. The van der Waals surface area contributed by atoms with Gasteiger partial charge < -0.3 is 4.74 Å². The van der Waals surface area contributed by atoms with Crippen LogP contribution in [0.3, 0.4) is 0 Å². The molecule has 0 aliphatic carbocycles. The number of hydrogen-bond acceptors (Lipinski definition) is 4. The molecule has 0 spiro atoms. The molecular weight excluding hydrogens is 308 g/mol. The van der Waals surface area contributed by atoms with E-state index in [0.29, 0.717) is 6.61 Å². The van der Waals surface area contributed by atoms with Crippen LogP contribution in [0.15, 0.2) is 76.7 Å². The summed E-state index contributed by atoms with van der Waals surface area (Å²) in [6, 6.07) is 21.6. The third-order valence-electron chi connectivity index (χ3n) is 3.15. The molecule has 0 amide bonds. The van der Waals surface area contributed by atoms with Crippen LogP contribution in [0.4, 0.5) is 4.79 Å². The molecule has 0 aliphatic heterocycles. The fourth-order valence-electron chi connectivity index (χ4n) is 2.11. The Morgan fingerprint density at radius 2 is 1.74 bits per heavy atom. The van der Waals surface area contributed by atoms with E-state index >= 15 is 0 Å². The fourth-order valence-corrected chi connectivity index (χ4v) is 3.02. The van der Waals surface area contributed by atoms with Gasteiger partial charge in [-0.05, 0) is 25.1 Å². The van der Waals surface area contributed by atoms with Gasteiger partial charge >= 0.3 is 6.09 Å². The molecule has 1 aromatic heterocycles. The van der Waals surface area contributed by atoms with Crippen LogP contribution in [0, 0.1) is 0 Å². The lowest BCUT2D eigenvalue weighted by molar-refractivity contribution is 0.148. The number of carbonyl (C=O) groups is 1. The third kappa shape index (κ3) is 3.63. The molecule has 0 aliphatic rings. The maximum atomic E-state index is 12.2. The molecule has 0 saturated heterocycles. The second-order valence-electron chi connectivity index (χ2n) is 4.76. The van der Waals surface area contributed by atoms with Crippen molar-refractivity contribution < 1.29 is 9.53 Å². The Balaban J connectivity index is 1.98. The zero-order chi connectivity index (χ0) is 16.1. The summed E-state index contributed by atoms with van der Waals surface area (Å²) in [5, 5.41) is 5.15. The summed E-state index contributed by atoms with van der Waals surface area (Å²) in [6.45, 7) is 2.10. The van der Waals surface area contributed by atoms with Gasteiger partial charge in [0.05, 0.1) is 12.3 Å². The van der Waals surface area contributed by atoms with Crippen LogP contribution in [0.5, 0.6) is 0 Å². The molecule has 5 heteroatoms. The summed E-state index contributed by atoms with van der Waals surface area (Å²) in [7, 11) is 0. The van der Waals surface area contributed by atoms with Crippen molar-refractivity contribution in [3.63, 3.8) is 0 Å². The predicted molar refractivity (Wildman–Crippen MR) is 90.6 cm³/mol. The second kappa shape index (κ2) is 7.15. The van der Waals surface area contributed by atoms with E-state index in [-0.39, 0.29) is 0 Å². The normalized spacial score (nSPS) is 10.5. The average Bonchev–Trinajstić information content (AvgIpc) is 3.01. The highest BCUT2D eigenvalue weighted by molar-refractivity contribution is 7.99. The van der Waals surface area contributed by atoms with Gasteiger partial charge in [-0.1, -0.05) is 60.3 Å². The van der Waals surface area contributed by atoms with Crippen LogP contribution >= 0.6 is 11.8 Å². The Morgan fingerprint density at radius 3 is 2.39 bits per heavy atom. The first-order chi connectivity index (χ1) is 11.3. The summed E-state index contributed by atoms with van der Waals surface area (Å²) in [4.78, 5) is 13.2. The van der Waals surface area contributed by atoms with Gasteiger partial charge in [0, 0.05) is 10.5 Å². The number of nitrogens with zero attached hydrogens (tertiary/aromatic N) is 2. The topological polar surface area (TPSA) is 44.1 Å². The lowest BCUT2D eigenvalue weighted by Crippen LogP contribution is -2.16. The summed E-state index contributed by atoms with van der Waals surface area (Å²) >= 11 is 1.48. The molecule has 0 atom stereocenters. The molecular formula is C18H16N2O2S. The van der Waals surface area contributed by atoms with Crippen molar-refractivity contribution in [2.24, 2.45) is 0 Å². The Labute approximate surface area is 139 Å². The molecule has 0 saturated carbocycles. The number of rotatable bonds is 4. The molecule has 0 N–H and O–H groups in total. The van der Waals surface area contributed by atoms with Gasteiger partial charge in [0.2, 0.25) is 0 Å². The van der Waals surface area contributed by atoms with E-state index in [4.69, 9.17) is 4.74 Å². The van der Waals surface area contributed by atoms with Crippen molar-refractivity contribution in [3.05, 3.63) is 66.7 Å². The van der Waals surface area contributed by atoms with E-state index in [1.807, 2.05) is 66.7 Å². The van der Waals surface area contributed by atoms with Gasteiger partial charge in [0.25, 0.3) is 0 Å². The Hall–Kier alpha value is -2.53. The summed E-state index contributed by atoms with van der Waals surface area (Å²) in [5.74, 6) is 0. The number of hydrogen-bond donors (Lipinski definition) is 0. The Morgan fingerprint density at radius 1 is 1.09 bits per heavy atom. The van der Waals surface area contributed by atoms with Crippen LogP contribution < -0.4 is 0 Å². The minimum atomic E-state index is -0.465. The largest absolute Gasteiger partial charge is 0.448 e. The Kier molecular flexibility index (Phi) is 4.78. The van der Waals surface area contributed by atoms with E-state index < -0.39 is 6.09 Å². The van der Waals surface area contributed by atoms with Gasteiger partial charge in [-0.3, -0.25) is 0 Å². The molecule has 0 unspecified atom stereocenters. The van der Waals surface area contributed by atoms with Gasteiger partial charge in [-0.15, -0.1) is 0 Å². The molecule has 0 bridgehead atoms. The minimum absolute atomic E-state index is 0.314. The standard InChI is InChI=1S/C18H16N2O2S/c1-2-22-18(21)20-17(23-15-11-7-4-8-12-15)13-16(19-20)14-9-5-3-6-10-14/h3-13H,2H2,1H3. The zero-order valence-corrected chi connectivity index (χ0v) is 13.5. The molecule has 116 valence electrons.